The van der Waals surface area contributed by atoms with Crippen LogP contribution in [0.25, 0.3) is 0 Å². The average molecular weight is 146 g/mol. The maximum absolute atomic E-state index is 8.57. The maximum atomic E-state index is 8.57. The van der Waals surface area contributed by atoms with E-state index in [1.807, 2.05) is 0 Å². The Hall–Kier alpha value is -1.14. The van der Waals surface area contributed by atoms with Gasteiger partial charge in [-0.05, 0) is 0 Å². The highest BCUT2D eigenvalue weighted by molar-refractivity contribution is 6.36. The molecule has 6 heteroatoms. The third-order valence-electron chi connectivity index (χ3n) is 0.872. The average Bonchev–Trinajstić information content (AvgIpc) is 1.84. The van der Waals surface area contributed by atoms with Gasteiger partial charge in [-0.2, -0.15) is 0 Å². The molecule has 0 aromatic carbocycles. The van der Waals surface area contributed by atoms with E-state index in [-0.39, 0.29) is 0 Å². The van der Waals surface area contributed by atoms with Crippen LogP contribution in [-0.2, 0) is 0 Å². The van der Waals surface area contributed by atoms with Gasteiger partial charge in [-0.3, -0.25) is 21.2 Å². The zero-order valence-electron chi connectivity index (χ0n) is 5.79. The highest BCUT2D eigenvalue weighted by atomic mass is 16.5. The Morgan fingerprint density at radius 1 is 1.00 bits per heavy atom. The first-order chi connectivity index (χ1) is 4.46. The molecule has 0 aliphatic carbocycles. The Morgan fingerprint density at radius 2 is 1.20 bits per heavy atom. The number of nitrogens with one attached hydrogen (secondary N) is 2. The summed E-state index contributed by atoms with van der Waals surface area (Å²) in [6, 6.07) is 0. The molecule has 0 aliphatic heterocycles. The fourth-order valence-corrected chi connectivity index (χ4v) is 0.307. The van der Waals surface area contributed by atoms with Crippen LogP contribution in [0, 0.1) is 10.8 Å². The third kappa shape index (κ3) is 2.00. The summed E-state index contributed by atoms with van der Waals surface area (Å²) < 4.78 is 0. The Morgan fingerprint density at radius 3 is 1.30 bits per heavy atom. The molecule has 0 aliphatic rings. The highest BCUT2D eigenvalue weighted by Gasteiger charge is 2.10. The lowest BCUT2D eigenvalue weighted by Crippen LogP contribution is -2.37. The Bertz CT molecular complexity index is 135. The van der Waals surface area contributed by atoms with Gasteiger partial charge in [-0.15, -0.1) is 0 Å². The zero-order chi connectivity index (χ0) is 8.31. The smallest absolute Gasteiger partial charge is 0.189 e. The summed E-state index contributed by atoms with van der Waals surface area (Å²) in [4.78, 5) is 0. The lowest BCUT2D eigenvalue weighted by molar-refractivity contribution is -0.00210. The van der Waals surface area contributed by atoms with Crippen LogP contribution < -0.4 is 0 Å². The van der Waals surface area contributed by atoms with Gasteiger partial charge in [-0.25, -0.2) is 10.1 Å². The van der Waals surface area contributed by atoms with Gasteiger partial charge < -0.3 is 0 Å². The summed E-state index contributed by atoms with van der Waals surface area (Å²) >= 11 is 0. The second-order valence-electron chi connectivity index (χ2n) is 1.74. The molecule has 58 valence electrons. The van der Waals surface area contributed by atoms with Gasteiger partial charge >= 0.3 is 0 Å². The summed E-state index contributed by atoms with van der Waals surface area (Å²) in [5, 5.41) is 31.9. The van der Waals surface area contributed by atoms with Crippen molar-refractivity contribution >= 4 is 11.7 Å². The molecule has 0 amide bonds. The minimum atomic E-state index is -0.468. The highest BCUT2D eigenvalue weighted by Crippen LogP contribution is 1.85. The van der Waals surface area contributed by atoms with Gasteiger partial charge in [-0.1, -0.05) is 0 Å². The zero-order valence-corrected chi connectivity index (χ0v) is 5.79. The van der Waals surface area contributed by atoms with Crippen LogP contribution >= 0.6 is 0 Å². The molecule has 0 spiro atoms. The molecule has 4 N–H and O–H groups in total. The van der Waals surface area contributed by atoms with E-state index >= 15 is 0 Å². The predicted octanol–water partition coefficient (Wildman–Crippen LogP) is -0.417. The van der Waals surface area contributed by atoms with Crippen molar-refractivity contribution in [3.8, 4) is 0 Å². The lowest BCUT2D eigenvalue weighted by Gasteiger charge is -2.16. The van der Waals surface area contributed by atoms with Crippen molar-refractivity contribution in [3.63, 3.8) is 0 Å². The van der Waals surface area contributed by atoms with E-state index in [1.54, 1.807) is 0 Å². The Labute approximate surface area is 58.2 Å². The van der Waals surface area contributed by atoms with Crippen molar-refractivity contribution in [1.29, 1.82) is 10.8 Å². The van der Waals surface area contributed by atoms with Gasteiger partial charge in [0.15, 0.2) is 11.7 Å². The van der Waals surface area contributed by atoms with Crippen molar-refractivity contribution in [2.24, 2.45) is 0 Å². The molecule has 0 aromatic heterocycles. The largest absolute Gasteiger partial charge is 0.287 e. The molecule has 0 saturated heterocycles. The van der Waals surface area contributed by atoms with E-state index in [0.717, 1.165) is 0 Å². The van der Waals surface area contributed by atoms with Crippen LogP contribution in [0.4, 0.5) is 0 Å². The van der Waals surface area contributed by atoms with Crippen molar-refractivity contribution in [2.75, 3.05) is 14.1 Å². The molecular weight excluding hydrogens is 136 g/mol. The van der Waals surface area contributed by atoms with E-state index in [9.17, 15) is 0 Å². The lowest BCUT2D eigenvalue weighted by atomic mass is 10.5. The molecule has 0 radical (unpaired) electrons. The molecular formula is C4H10N4O2. The van der Waals surface area contributed by atoms with Gasteiger partial charge in [0, 0.05) is 14.1 Å². The van der Waals surface area contributed by atoms with Crippen LogP contribution in [0.2, 0.25) is 0 Å². The standard InChI is InChI=1S/C4H10N4O2/c1-7(9)3(5)4(6)8(2)10/h5-6,9-10H,1-2H3. The normalized spacial score (nSPS) is 8.80. The number of rotatable bonds is 0. The number of hydroxylamine groups is 4. The van der Waals surface area contributed by atoms with Crippen LogP contribution in [0.15, 0.2) is 0 Å². The van der Waals surface area contributed by atoms with Gasteiger partial charge in [0.05, 0.1) is 0 Å². The summed E-state index contributed by atoms with van der Waals surface area (Å²) in [6.45, 7) is 0. The van der Waals surface area contributed by atoms with Crippen molar-refractivity contribution < 1.29 is 10.4 Å². The van der Waals surface area contributed by atoms with E-state index in [0.29, 0.717) is 10.1 Å². The number of likely N-dealkylation sites (N-methyl/N-ethyl adjacent to an activating group) is 2. The summed E-state index contributed by atoms with van der Waals surface area (Å²) in [5.74, 6) is -0.935. The fourth-order valence-electron chi connectivity index (χ4n) is 0.307. The molecule has 0 rings (SSSR count). The van der Waals surface area contributed by atoms with Crippen LogP contribution in [-0.4, -0.2) is 46.3 Å². The summed E-state index contributed by atoms with van der Waals surface area (Å²) in [7, 11) is 2.39. The van der Waals surface area contributed by atoms with Gasteiger partial charge in [0.1, 0.15) is 0 Å². The number of hydrogen-bond acceptors (Lipinski definition) is 4. The first-order valence-electron chi connectivity index (χ1n) is 2.49. The van der Waals surface area contributed by atoms with Crippen LogP contribution in [0.5, 0.6) is 0 Å². The fraction of sp³-hybridized carbons (Fsp3) is 0.500. The van der Waals surface area contributed by atoms with E-state index in [2.05, 4.69) is 0 Å². The minimum absolute atomic E-state index is 0.440. The number of nitrogens with zero attached hydrogens (tertiary/aromatic N) is 2. The second kappa shape index (κ2) is 3.14. The van der Waals surface area contributed by atoms with E-state index in [4.69, 9.17) is 21.2 Å². The molecule has 10 heavy (non-hydrogen) atoms. The molecule has 0 saturated carbocycles. The first-order valence-corrected chi connectivity index (χ1v) is 2.49. The maximum Gasteiger partial charge on any atom is 0.189 e. The second-order valence-corrected chi connectivity index (χ2v) is 1.74. The van der Waals surface area contributed by atoms with E-state index in [1.165, 1.54) is 14.1 Å². The van der Waals surface area contributed by atoms with Crippen LogP contribution in [0.1, 0.15) is 0 Å². The quantitative estimate of drug-likeness (QED) is 0.212. The minimum Gasteiger partial charge on any atom is -0.287 e. The van der Waals surface area contributed by atoms with Gasteiger partial charge in [0.2, 0.25) is 0 Å². The van der Waals surface area contributed by atoms with E-state index < -0.39 is 11.7 Å². The van der Waals surface area contributed by atoms with Crippen molar-refractivity contribution in [1.82, 2.24) is 10.1 Å². The molecule has 0 aromatic rings. The predicted molar refractivity (Wildman–Crippen MR) is 34.6 cm³/mol. The number of hydrogen-bond donors (Lipinski definition) is 4. The third-order valence-corrected chi connectivity index (χ3v) is 0.872. The molecule has 6 nitrogen and oxygen atoms in total. The first kappa shape index (κ1) is 8.86. The monoisotopic (exact) mass is 146 g/mol. The topological polar surface area (TPSA) is 94.6 Å². The van der Waals surface area contributed by atoms with Crippen molar-refractivity contribution in [2.45, 2.75) is 0 Å². The molecule has 0 unspecified atom stereocenters. The van der Waals surface area contributed by atoms with Gasteiger partial charge in [0.25, 0.3) is 0 Å². The molecule has 0 heterocycles. The summed E-state index contributed by atoms with van der Waals surface area (Å²) in [5.41, 5.74) is 0. The Kier molecular flexibility index (Phi) is 2.78. The molecule has 0 fully saturated rings. The number of amidine groups is 2. The Balaban J connectivity index is 4.10. The SMILES string of the molecule is CN(O)C(=N)C(=N)N(C)O. The molecule has 0 bridgehead atoms. The summed E-state index contributed by atoms with van der Waals surface area (Å²) in [6.07, 6.45) is 0. The van der Waals surface area contributed by atoms with Crippen molar-refractivity contribution in [3.05, 3.63) is 0 Å². The molecule has 0 atom stereocenters. The van der Waals surface area contributed by atoms with Crippen LogP contribution in [0.3, 0.4) is 0 Å².